The van der Waals surface area contributed by atoms with E-state index in [4.69, 9.17) is 8.92 Å². The van der Waals surface area contributed by atoms with Gasteiger partial charge in [0, 0.05) is 6.26 Å². The van der Waals surface area contributed by atoms with Gasteiger partial charge in [-0.25, -0.2) is 0 Å². The Kier molecular flexibility index (Phi) is 2.28. The van der Waals surface area contributed by atoms with Crippen LogP contribution in [0.4, 0.5) is 0 Å². The predicted molar refractivity (Wildman–Crippen MR) is 45.6 cm³/mol. The molecule has 2 fully saturated rings. The molecule has 0 amide bonds. The van der Waals surface area contributed by atoms with E-state index < -0.39 is 0 Å². The zero-order valence-corrected chi connectivity index (χ0v) is 7.80. The zero-order chi connectivity index (χ0) is 8.55. The quantitative estimate of drug-likeness (QED) is 0.484. The van der Waals surface area contributed by atoms with Crippen molar-refractivity contribution in [2.24, 2.45) is 5.92 Å². The lowest BCUT2D eigenvalue weighted by molar-refractivity contribution is -0.138. The lowest BCUT2D eigenvalue weighted by atomic mass is 9.90. The molecule has 3 nitrogen and oxygen atoms in total. The topological polar surface area (TPSA) is 38.8 Å². The van der Waals surface area contributed by atoms with Crippen LogP contribution in [0.3, 0.4) is 0 Å². The maximum absolute atomic E-state index is 11.3. The van der Waals surface area contributed by atoms with Crippen molar-refractivity contribution in [1.82, 2.24) is 0 Å². The first kappa shape index (κ1) is 8.38. The lowest BCUT2D eigenvalue weighted by Gasteiger charge is -2.15. The van der Waals surface area contributed by atoms with Gasteiger partial charge in [0.2, 0.25) is 0 Å². The van der Waals surface area contributed by atoms with Crippen LogP contribution in [0.1, 0.15) is 19.3 Å². The van der Waals surface area contributed by atoms with Gasteiger partial charge in [-0.15, -0.1) is 0 Å². The van der Waals surface area contributed by atoms with Gasteiger partial charge in [0.25, 0.3) is 0 Å². The van der Waals surface area contributed by atoms with Gasteiger partial charge in [-0.2, -0.15) is 0 Å². The molecule has 0 N–H and O–H groups in total. The van der Waals surface area contributed by atoms with E-state index in [9.17, 15) is 4.79 Å². The Labute approximate surface area is 76.0 Å². The minimum Gasteiger partial charge on any atom is -0.391 e. The van der Waals surface area contributed by atoms with E-state index in [-0.39, 0.29) is 11.9 Å². The van der Waals surface area contributed by atoms with Gasteiger partial charge in [-0.3, -0.25) is 4.79 Å². The van der Waals surface area contributed by atoms with E-state index >= 15 is 0 Å². The van der Waals surface area contributed by atoms with Gasteiger partial charge >= 0.3 is 5.97 Å². The van der Waals surface area contributed by atoms with Crippen molar-refractivity contribution in [3.05, 3.63) is 0 Å². The molecule has 1 heterocycles. The highest BCUT2D eigenvalue weighted by atomic mass is 32.2. The maximum Gasteiger partial charge on any atom is 0.321 e. The number of carbonyl (C=O) groups is 1. The molecular weight excluding hydrogens is 176 g/mol. The number of ether oxygens (including phenoxy) is 1. The molecule has 0 bridgehead atoms. The number of fused-ring (bicyclic) bond motifs is 1. The van der Waals surface area contributed by atoms with Gasteiger partial charge < -0.3 is 8.92 Å². The van der Waals surface area contributed by atoms with Crippen molar-refractivity contribution in [2.75, 3.05) is 6.26 Å². The van der Waals surface area contributed by atoms with Crippen molar-refractivity contribution in [2.45, 2.75) is 31.5 Å². The van der Waals surface area contributed by atoms with E-state index in [1.807, 2.05) is 0 Å². The van der Waals surface area contributed by atoms with Crippen LogP contribution in [0.15, 0.2) is 0 Å². The second-order valence-corrected chi connectivity index (χ2v) is 3.79. The number of carbonyl (C=O) groups excluding carboxylic acids is 1. The fourth-order valence-electron chi connectivity index (χ4n) is 1.77. The van der Waals surface area contributed by atoms with Gasteiger partial charge in [0.1, 0.15) is 0 Å². The highest BCUT2D eigenvalue weighted by Gasteiger charge is 2.46. The largest absolute Gasteiger partial charge is 0.391 e. The number of hydrogen-bond donors (Lipinski definition) is 0. The molecule has 0 aromatic heterocycles. The molecule has 3 atom stereocenters. The van der Waals surface area contributed by atoms with Crippen LogP contribution in [-0.4, -0.2) is 24.4 Å². The molecule has 2 rings (SSSR count). The average Bonchev–Trinajstić information content (AvgIpc) is 2.81. The lowest BCUT2D eigenvalue weighted by Crippen LogP contribution is -2.22. The highest BCUT2D eigenvalue weighted by molar-refractivity contribution is 7.94. The predicted octanol–water partition coefficient (Wildman–Crippen LogP) is 1.38. The fourth-order valence-corrected chi connectivity index (χ4v) is 2.07. The summed E-state index contributed by atoms with van der Waals surface area (Å²) < 4.78 is 10.2. The Morgan fingerprint density at radius 1 is 1.50 bits per heavy atom. The first-order chi connectivity index (χ1) is 5.81. The van der Waals surface area contributed by atoms with Crippen LogP contribution in [0.5, 0.6) is 0 Å². The number of rotatable bonds is 2. The summed E-state index contributed by atoms with van der Waals surface area (Å²) in [6.45, 7) is 0. The third kappa shape index (κ3) is 1.59. The summed E-state index contributed by atoms with van der Waals surface area (Å²) in [5.41, 5.74) is 0. The third-order valence-corrected chi connectivity index (χ3v) is 2.83. The fraction of sp³-hybridized carbons (Fsp3) is 0.875. The van der Waals surface area contributed by atoms with E-state index in [0.29, 0.717) is 12.2 Å². The van der Waals surface area contributed by atoms with E-state index in [1.54, 1.807) is 6.26 Å². The van der Waals surface area contributed by atoms with E-state index in [2.05, 4.69) is 0 Å². The summed E-state index contributed by atoms with van der Waals surface area (Å²) in [4.78, 5) is 11.3. The minimum atomic E-state index is -0.0727. The Hall–Kier alpha value is -0.220. The van der Waals surface area contributed by atoms with Crippen LogP contribution in [0.2, 0.25) is 0 Å². The van der Waals surface area contributed by atoms with Crippen molar-refractivity contribution >= 4 is 18.0 Å². The highest BCUT2D eigenvalue weighted by Crippen LogP contribution is 2.39. The molecule has 0 radical (unpaired) electrons. The summed E-state index contributed by atoms with van der Waals surface area (Å²) in [6, 6.07) is 0. The second-order valence-electron chi connectivity index (χ2n) is 3.29. The van der Waals surface area contributed by atoms with Crippen LogP contribution >= 0.6 is 12.0 Å². The van der Waals surface area contributed by atoms with Crippen molar-refractivity contribution in [1.29, 1.82) is 0 Å². The summed E-state index contributed by atoms with van der Waals surface area (Å²) >= 11 is 1.13. The molecule has 12 heavy (non-hydrogen) atoms. The average molecular weight is 188 g/mol. The third-order valence-electron chi connectivity index (χ3n) is 2.50. The van der Waals surface area contributed by atoms with Crippen LogP contribution < -0.4 is 0 Å². The summed E-state index contributed by atoms with van der Waals surface area (Å²) in [5.74, 6) is 0.0117. The van der Waals surface area contributed by atoms with Crippen LogP contribution in [0, 0.1) is 5.92 Å². The molecule has 4 heteroatoms. The molecule has 0 spiro atoms. The maximum atomic E-state index is 11.3. The molecule has 2 aliphatic rings. The number of epoxide rings is 1. The second kappa shape index (κ2) is 3.26. The molecule has 3 unspecified atom stereocenters. The van der Waals surface area contributed by atoms with Crippen molar-refractivity contribution in [3.8, 4) is 0 Å². The molecule has 1 saturated heterocycles. The van der Waals surface area contributed by atoms with E-state index in [1.165, 1.54) is 0 Å². The van der Waals surface area contributed by atoms with Gasteiger partial charge in [0.15, 0.2) is 0 Å². The minimum absolute atomic E-state index is 0.0727. The van der Waals surface area contributed by atoms with Gasteiger partial charge in [-0.1, -0.05) is 0 Å². The molecule has 1 saturated carbocycles. The zero-order valence-electron chi connectivity index (χ0n) is 6.99. The molecule has 1 aliphatic carbocycles. The van der Waals surface area contributed by atoms with Crippen LogP contribution in [-0.2, 0) is 13.7 Å². The summed E-state index contributed by atoms with van der Waals surface area (Å²) in [7, 11) is 0. The Balaban J connectivity index is 1.83. The van der Waals surface area contributed by atoms with Gasteiger partial charge in [0.05, 0.1) is 30.2 Å². The normalized spacial score (nSPS) is 38.6. The standard InChI is InChI=1S/C8H12O3S/c1-12-11-8(9)5-2-3-6-7(4-5)10-6/h5-7H,2-4H2,1H3. The Morgan fingerprint density at radius 3 is 3.00 bits per heavy atom. The van der Waals surface area contributed by atoms with Crippen molar-refractivity contribution < 1.29 is 13.7 Å². The molecular formula is C8H12O3S. The monoisotopic (exact) mass is 188 g/mol. The number of hydrogen-bond acceptors (Lipinski definition) is 4. The first-order valence-electron chi connectivity index (χ1n) is 4.21. The summed E-state index contributed by atoms with van der Waals surface area (Å²) in [5, 5.41) is 0. The van der Waals surface area contributed by atoms with E-state index in [0.717, 1.165) is 31.3 Å². The van der Waals surface area contributed by atoms with Crippen molar-refractivity contribution in [3.63, 3.8) is 0 Å². The Bertz CT molecular complexity index is 195. The Morgan fingerprint density at radius 2 is 2.33 bits per heavy atom. The molecule has 68 valence electrons. The van der Waals surface area contributed by atoms with Crippen LogP contribution in [0.25, 0.3) is 0 Å². The molecule has 0 aromatic carbocycles. The smallest absolute Gasteiger partial charge is 0.321 e. The molecule has 1 aliphatic heterocycles. The summed E-state index contributed by atoms with van der Waals surface area (Å²) in [6.07, 6.45) is 5.40. The first-order valence-corrected chi connectivity index (χ1v) is 5.36. The van der Waals surface area contributed by atoms with Gasteiger partial charge in [-0.05, 0) is 19.3 Å². The SMILES string of the molecule is CSOC(=O)C1CCC2OC2C1. The molecule has 0 aromatic rings.